The fraction of sp³-hybridized carbons (Fsp3) is 1.00. The van der Waals surface area contributed by atoms with Gasteiger partial charge in [0.05, 0.1) is 13.2 Å². The average Bonchev–Trinajstić information content (AvgIpc) is 1.89. The van der Waals surface area contributed by atoms with Crippen molar-refractivity contribution in [2.45, 2.75) is 13.0 Å². The molecule has 1 atom stereocenters. The molecule has 1 unspecified atom stereocenters. The molecule has 54 valence electrons. The third kappa shape index (κ3) is 1.82. The molecule has 0 radical (unpaired) electrons. The van der Waals surface area contributed by atoms with Crippen LogP contribution in [-0.4, -0.2) is 30.1 Å². The van der Waals surface area contributed by atoms with Crippen LogP contribution in [0.4, 0.5) is 0 Å². The standard InChI is InChI=1S/C5H12N2OS/c1-5-4-8-3-2-7(5)9-6/h5H,2-4,6H2,1H3. The molecule has 9 heavy (non-hydrogen) atoms. The molecule has 1 aliphatic rings. The first-order valence-electron chi connectivity index (χ1n) is 3.06. The molecule has 4 heteroatoms. The summed E-state index contributed by atoms with van der Waals surface area (Å²) in [6, 6.07) is 0.466. The summed E-state index contributed by atoms with van der Waals surface area (Å²) in [5, 5.41) is 5.38. The summed E-state index contributed by atoms with van der Waals surface area (Å²) >= 11 is 1.31. The number of rotatable bonds is 1. The quantitative estimate of drug-likeness (QED) is 0.540. The van der Waals surface area contributed by atoms with E-state index in [9.17, 15) is 0 Å². The third-order valence-electron chi connectivity index (χ3n) is 1.44. The summed E-state index contributed by atoms with van der Waals surface area (Å²) in [5.74, 6) is 0. The van der Waals surface area contributed by atoms with Crippen LogP contribution >= 0.6 is 12.1 Å². The van der Waals surface area contributed by atoms with E-state index in [1.165, 1.54) is 12.1 Å². The summed E-state index contributed by atoms with van der Waals surface area (Å²) in [5.41, 5.74) is 0. The van der Waals surface area contributed by atoms with Gasteiger partial charge in [-0.3, -0.25) is 5.14 Å². The molecule has 0 aromatic rings. The van der Waals surface area contributed by atoms with Crippen molar-refractivity contribution < 1.29 is 4.74 Å². The van der Waals surface area contributed by atoms with E-state index in [4.69, 9.17) is 9.88 Å². The highest BCUT2D eigenvalue weighted by molar-refractivity contribution is 7.94. The third-order valence-corrected chi connectivity index (χ3v) is 2.26. The first-order chi connectivity index (χ1) is 4.34. The molecule has 1 aliphatic heterocycles. The van der Waals surface area contributed by atoms with Crippen LogP contribution < -0.4 is 5.14 Å². The van der Waals surface area contributed by atoms with E-state index in [0.717, 1.165) is 19.8 Å². The van der Waals surface area contributed by atoms with Crippen molar-refractivity contribution in [3.05, 3.63) is 0 Å². The highest BCUT2D eigenvalue weighted by Crippen LogP contribution is 2.11. The summed E-state index contributed by atoms with van der Waals surface area (Å²) in [4.78, 5) is 0. The first-order valence-corrected chi connectivity index (χ1v) is 3.89. The molecule has 2 N–H and O–H groups in total. The smallest absolute Gasteiger partial charge is 0.0629 e. The second-order valence-corrected chi connectivity index (χ2v) is 2.85. The number of nitrogens with zero attached hydrogens (tertiary/aromatic N) is 1. The van der Waals surface area contributed by atoms with Crippen molar-refractivity contribution in [2.75, 3.05) is 19.8 Å². The van der Waals surface area contributed by atoms with Crippen LogP contribution in [0.1, 0.15) is 6.92 Å². The van der Waals surface area contributed by atoms with Gasteiger partial charge in [-0.2, -0.15) is 0 Å². The zero-order valence-corrected chi connectivity index (χ0v) is 6.36. The second kappa shape index (κ2) is 3.41. The Labute approximate surface area is 59.8 Å². The van der Waals surface area contributed by atoms with Gasteiger partial charge in [0, 0.05) is 24.7 Å². The Hall–Kier alpha value is 0.230. The Morgan fingerprint density at radius 2 is 2.56 bits per heavy atom. The molecule has 1 heterocycles. The van der Waals surface area contributed by atoms with Gasteiger partial charge >= 0.3 is 0 Å². The lowest BCUT2D eigenvalue weighted by molar-refractivity contribution is 0.0440. The van der Waals surface area contributed by atoms with E-state index in [-0.39, 0.29) is 0 Å². The molecule has 0 aromatic carbocycles. The van der Waals surface area contributed by atoms with Crippen LogP contribution in [0.2, 0.25) is 0 Å². The van der Waals surface area contributed by atoms with Crippen molar-refractivity contribution in [2.24, 2.45) is 5.14 Å². The maximum absolute atomic E-state index is 5.38. The Morgan fingerprint density at radius 3 is 3.00 bits per heavy atom. The molecule has 0 spiro atoms. The zero-order chi connectivity index (χ0) is 6.69. The molecule has 1 rings (SSSR count). The predicted octanol–water partition coefficient (Wildman–Crippen LogP) is 0.229. The molecule has 1 saturated heterocycles. The van der Waals surface area contributed by atoms with Crippen molar-refractivity contribution in [3.63, 3.8) is 0 Å². The Morgan fingerprint density at radius 1 is 1.78 bits per heavy atom. The van der Waals surface area contributed by atoms with Crippen LogP contribution in [0.3, 0.4) is 0 Å². The lowest BCUT2D eigenvalue weighted by atomic mass is 10.3. The van der Waals surface area contributed by atoms with Crippen molar-refractivity contribution in [3.8, 4) is 0 Å². The number of ether oxygens (including phenoxy) is 1. The van der Waals surface area contributed by atoms with Gasteiger partial charge in [-0.25, -0.2) is 4.31 Å². The molecule has 0 amide bonds. The molecular formula is C5H12N2OS. The largest absolute Gasteiger partial charge is 0.378 e. The van der Waals surface area contributed by atoms with E-state index in [0.29, 0.717) is 6.04 Å². The van der Waals surface area contributed by atoms with Crippen molar-refractivity contribution >= 4 is 12.1 Å². The van der Waals surface area contributed by atoms with E-state index in [2.05, 4.69) is 11.2 Å². The lowest BCUT2D eigenvalue weighted by Crippen LogP contribution is -2.39. The van der Waals surface area contributed by atoms with Gasteiger partial charge in [0.25, 0.3) is 0 Å². The molecule has 0 aromatic heterocycles. The van der Waals surface area contributed by atoms with E-state index in [1.54, 1.807) is 0 Å². The molecule has 3 nitrogen and oxygen atoms in total. The van der Waals surface area contributed by atoms with E-state index < -0.39 is 0 Å². The summed E-state index contributed by atoms with van der Waals surface area (Å²) in [7, 11) is 0. The Bertz CT molecular complexity index is 91.0. The van der Waals surface area contributed by atoms with Crippen LogP contribution in [0.15, 0.2) is 0 Å². The topological polar surface area (TPSA) is 38.5 Å². The number of nitrogens with two attached hydrogens (primary N) is 1. The van der Waals surface area contributed by atoms with Crippen LogP contribution in [0, 0.1) is 0 Å². The molecule has 0 aliphatic carbocycles. The monoisotopic (exact) mass is 148 g/mol. The van der Waals surface area contributed by atoms with E-state index >= 15 is 0 Å². The molecule has 1 fully saturated rings. The minimum absolute atomic E-state index is 0.466. The minimum atomic E-state index is 0.466. The molecule has 0 saturated carbocycles. The maximum atomic E-state index is 5.38. The summed E-state index contributed by atoms with van der Waals surface area (Å²) in [6.45, 7) is 4.68. The van der Waals surface area contributed by atoms with Crippen molar-refractivity contribution in [1.29, 1.82) is 0 Å². The number of hydrogen-bond donors (Lipinski definition) is 1. The second-order valence-electron chi connectivity index (χ2n) is 2.17. The fourth-order valence-electron chi connectivity index (χ4n) is 0.869. The summed E-state index contributed by atoms with van der Waals surface area (Å²) in [6.07, 6.45) is 0. The fourth-order valence-corrected chi connectivity index (χ4v) is 1.32. The van der Waals surface area contributed by atoms with Gasteiger partial charge < -0.3 is 4.74 Å². The summed E-state index contributed by atoms with van der Waals surface area (Å²) < 4.78 is 7.33. The zero-order valence-electron chi connectivity index (χ0n) is 5.54. The normalized spacial score (nSPS) is 30.7. The van der Waals surface area contributed by atoms with Crippen molar-refractivity contribution in [1.82, 2.24) is 4.31 Å². The molecular weight excluding hydrogens is 136 g/mol. The Kier molecular flexibility index (Phi) is 2.78. The van der Waals surface area contributed by atoms with Crippen LogP contribution in [0.5, 0.6) is 0 Å². The predicted molar refractivity (Wildman–Crippen MR) is 38.8 cm³/mol. The maximum Gasteiger partial charge on any atom is 0.0629 e. The van der Waals surface area contributed by atoms with Crippen LogP contribution in [-0.2, 0) is 4.74 Å². The van der Waals surface area contributed by atoms with E-state index in [1.807, 2.05) is 0 Å². The van der Waals surface area contributed by atoms with Gasteiger partial charge in [0.2, 0.25) is 0 Å². The Balaban J connectivity index is 2.30. The van der Waals surface area contributed by atoms with Gasteiger partial charge in [0.15, 0.2) is 0 Å². The molecule has 0 bridgehead atoms. The van der Waals surface area contributed by atoms with Gasteiger partial charge in [0.1, 0.15) is 0 Å². The average molecular weight is 148 g/mol. The SMILES string of the molecule is CC1COCCN1SN. The number of morpholine rings is 1. The van der Waals surface area contributed by atoms with Gasteiger partial charge in [-0.1, -0.05) is 0 Å². The van der Waals surface area contributed by atoms with Gasteiger partial charge in [-0.05, 0) is 6.92 Å². The minimum Gasteiger partial charge on any atom is -0.378 e. The van der Waals surface area contributed by atoms with Crippen LogP contribution in [0.25, 0.3) is 0 Å². The highest BCUT2D eigenvalue weighted by atomic mass is 32.2. The highest BCUT2D eigenvalue weighted by Gasteiger charge is 2.17. The lowest BCUT2D eigenvalue weighted by Gasteiger charge is -2.29. The van der Waals surface area contributed by atoms with Gasteiger partial charge in [-0.15, -0.1) is 0 Å². The first kappa shape index (κ1) is 7.34. The number of hydrogen-bond acceptors (Lipinski definition) is 4.